The first-order valence-corrected chi connectivity index (χ1v) is 8.41. The van der Waals surface area contributed by atoms with Crippen molar-refractivity contribution in [3.05, 3.63) is 28.2 Å². The summed E-state index contributed by atoms with van der Waals surface area (Å²) in [6.45, 7) is 0.637. The van der Waals surface area contributed by atoms with Crippen LogP contribution in [-0.4, -0.2) is 24.2 Å². The van der Waals surface area contributed by atoms with E-state index in [-0.39, 0.29) is 11.9 Å². The molecule has 2 atom stereocenters. The van der Waals surface area contributed by atoms with E-state index in [1.54, 1.807) is 18.2 Å². The molecule has 1 amide bonds. The lowest BCUT2D eigenvalue weighted by Gasteiger charge is -2.19. The van der Waals surface area contributed by atoms with E-state index in [1.165, 1.54) is 11.8 Å². The lowest BCUT2D eigenvalue weighted by Crippen LogP contribution is -2.40. The number of carbonyl (C=O) groups excluding carboxylic acids is 1. The average Bonchev–Trinajstić information content (AvgIpc) is 2.87. The maximum Gasteiger partial charge on any atom is 0.230 e. The topological polar surface area (TPSA) is 55.1 Å². The Morgan fingerprint density at radius 2 is 2.20 bits per heavy atom. The molecule has 0 bridgehead atoms. The van der Waals surface area contributed by atoms with Crippen LogP contribution in [0.1, 0.15) is 19.3 Å². The van der Waals surface area contributed by atoms with E-state index in [9.17, 15) is 4.79 Å². The first-order valence-electron chi connectivity index (χ1n) is 6.67. The van der Waals surface area contributed by atoms with Crippen LogP contribution in [0.3, 0.4) is 0 Å². The smallest absolute Gasteiger partial charge is 0.230 e. The predicted molar refractivity (Wildman–Crippen MR) is 85.5 cm³/mol. The Labute approximate surface area is 133 Å². The van der Waals surface area contributed by atoms with Crippen molar-refractivity contribution in [3.8, 4) is 0 Å². The van der Waals surface area contributed by atoms with E-state index in [0.717, 1.165) is 24.2 Å². The quantitative estimate of drug-likeness (QED) is 0.813. The number of nitrogens with one attached hydrogen (secondary N) is 1. The summed E-state index contributed by atoms with van der Waals surface area (Å²) in [6, 6.07) is 5.48. The number of rotatable bonds is 5. The fourth-order valence-corrected chi connectivity index (χ4v) is 3.79. The molecule has 0 saturated heterocycles. The van der Waals surface area contributed by atoms with Gasteiger partial charge in [-0.3, -0.25) is 4.79 Å². The number of halogens is 2. The first-order chi connectivity index (χ1) is 9.60. The SMILES string of the molecule is NCC1CCCC1NC(=O)CSc1cc(Cl)ccc1Cl. The van der Waals surface area contributed by atoms with Gasteiger partial charge in [-0.05, 0) is 43.5 Å². The minimum atomic E-state index is 0.0244. The summed E-state index contributed by atoms with van der Waals surface area (Å²) in [4.78, 5) is 12.8. The van der Waals surface area contributed by atoms with E-state index in [1.807, 2.05) is 0 Å². The van der Waals surface area contributed by atoms with E-state index < -0.39 is 0 Å². The second kappa shape index (κ2) is 7.55. The van der Waals surface area contributed by atoms with Gasteiger partial charge in [0, 0.05) is 16.0 Å². The Morgan fingerprint density at radius 3 is 2.95 bits per heavy atom. The second-order valence-electron chi connectivity index (χ2n) is 4.96. The van der Waals surface area contributed by atoms with Crippen LogP contribution in [0.25, 0.3) is 0 Å². The van der Waals surface area contributed by atoms with Gasteiger partial charge in [-0.25, -0.2) is 0 Å². The van der Waals surface area contributed by atoms with Crippen LogP contribution in [0, 0.1) is 5.92 Å². The molecule has 1 aromatic carbocycles. The highest BCUT2D eigenvalue weighted by molar-refractivity contribution is 8.00. The predicted octanol–water partition coefficient (Wildman–Crippen LogP) is 3.33. The fourth-order valence-electron chi connectivity index (χ4n) is 2.49. The van der Waals surface area contributed by atoms with Crippen molar-refractivity contribution < 1.29 is 4.79 Å². The van der Waals surface area contributed by atoms with Gasteiger partial charge >= 0.3 is 0 Å². The molecular formula is C14H18Cl2N2OS. The minimum absolute atomic E-state index is 0.0244. The number of amides is 1. The highest BCUT2D eigenvalue weighted by Gasteiger charge is 2.27. The molecule has 0 radical (unpaired) electrons. The van der Waals surface area contributed by atoms with Crippen molar-refractivity contribution in [3.63, 3.8) is 0 Å². The van der Waals surface area contributed by atoms with E-state index >= 15 is 0 Å². The third-order valence-corrected chi connectivity index (χ3v) is 5.29. The molecule has 0 aromatic heterocycles. The summed E-state index contributed by atoms with van der Waals surface area (Å²) in [5.41, 5.74) is 5.71. The molecule has 2 rings (SSSR count). The Kier molecular flexibility index (Phi) is 6.02. The molecule has 110 valence electrons. The molecular weight excluding hydrogens is 315 g/mol. The van der Waals surface area contributed by atoms with Crippen LogP contribution < -0.4 is 11.1 Å². The first kappa shape index (κ1) is 16.0. The molecule has 0 heterocycles. The number of hydrogen-bond donors (Lipinski definition) is 2. The molecule has 1 aromatic rings. The van der Waals surface area contributed by atoms with Gasteiger partial charge in [0.05, 0.1) is 10.8 Å². The van der Waals surface area contributed by atoms with Gasteiger partial charge in [-0.15, -0.1) is 11.8 Å². The average molecular weight is 333 g/mol. The number of nitrogens with two attached hydrogens (primary N) is 1. The number of benzene rings is 1. The van der Waals surface area contributed by atoms with Crippen LogP contribution in [-0.2, 0) is 4.79 Å². The lowest BCUT2D eigenvalue weighted by molar-refractivity contribution is -0.119. The van der Waals surface area contributed by atoms with Gasteiger partial charge < -0.3 is 11.1 Å². The summed E-state index contributed by atoms with van der Waals surface area (Å²) in [6.07, 6.45) is 3.27. The largest absolute Gasteiger partial charge is 0.352 e. The van der Waals surface area contributed by atoms with Gasteiger partial charge in [0.1, 0.15) is 0 Å². The summed E-state index contributed by atoms with van der Waals surface area (Å²) in [7, 11) is 0. The Balaban J connectivity index is 1.84. The molecule has 1 fully saturated rings. The zero-order valence-corrected chi connectivity index (χ0v) is 13.4. The number of thioether (sulfide) groups is 1. The van der Waals surface area contributed by atoms with Gasteiger partial charge in [-0.2, -0.15) is 0 Å². The monoisotopic (exact) mass is 332 g/mol. The zero-order chi connectivity index (χ0) is 14.5. The zero-order valence-electron chi connectivity index (χ0n) is 11.1. The highest BCUT2D eigenvalue weighted by Crippen LogP contribution is 2.30. The number of carbonyl (C=O) groups is 1. The van der Waals surface area contributed by atoms with Crippen LogP contribution in [0.2, 0.25) is 10.0 Å². The molecule has 20 heavy (non-hydrogen) atoms. The van der Waals surface area contributed by atoms with Crippen molar-refractivity contribution in [2.24, 2.45) is 11.7 Å². The lowest BCUT2D eigenvalue weighted by atomic mass is 10.0. The molecule has 3 nitrogen and oxygen atoms in total. The van der Waals surface area contributed by atoms with Gasteiger partial charge in [0.2, 0.25) is 5.91 Å². The van der Waals surface area contributed by atoms with E-state index in [4.69, 9.17) is 28.9 Å². The van der Waals surface area contributed by atoms with Crippen LogP contribution in [0.5, 0.6) is 0 Å². The number of hydrogen-bond acceptors (Lipinski definition) is 3. The van der Waals surface area contributed by atoms with Crippen LogP contribution >= 0.6 is 35.0 Å². The minimum Gasteiger partial charge on any atom is -0.352 e. The third kappa shape index (κ3) is 4.29. The maximum absolute atomic E-state index is 12.0. The van der Waals surface area contributed by atoms with Crippen LogP contribution in [0.15, 0.2) is 23.1 Å². The summed E-state index contributed by atoms with van der Waals surface area (Å²) in [5.74, 6) is 0.781. The van der Waals surface area contributed by atoms with Crippen molar-refractivity contribution >= 4 is 40.9 Å². The molecule has 0 aliphatic heterocycles. The molecule has 3 N–H and O–H groups in total. The van der Waals surface area contributed by atoms with E-state index in [2.05, 4.69) is 5.32 Å². The van der Waals surface area contributed by atoms with Crippen molar-refractivity contribution in [1.29, 1.82) is 0 Å². The normalized spacial score (nSPS) is 21.9. The summed E-state index contributed by atoms with van der Waals surface area (Å²) >= 11 is 13.4. The standard InChI is InChI=1S/C14H18Cl2N2OS/c15-10-4-5-11(16)13(6-10)20-8-14(19)18-12-3-1-2-9(12)7-17/h4-6,9,12H,1-3,7-8,17H2,(H,18,19). The van der Waals surface area contributed by atoms with Gasteiger partial charge in [0.25, 0.3) is 0 Å². The summed E-state index contributed by atoms with van der Waals surface area (Å²) in [5, 5.41) is 4.31. The molecule has 1 aliphatic carbocycles. The van der Waals surface area contributed by atoms with E-state index in [0.29, 0.717) is 28.3 Å². The molecule has 1 aliphatic rings. The van der Waals surface area contributed by atoms with Crippen molar-refractivity contribution in [2.45, 2.75) is 30.2 Å². The molecule has 0 spiro atoms. The van der Waals surface area contributed by atoms with Crippen molar-refractivity contribution in [1.82, 2.24) is 5.32 Å². The highest BCUT2D eigenvalue weighted by atomic mass is 35.5. The summed E-state index contributed by atoms with van der Waals surface area (Å²) < 4.78 is 0. The Morgan fingerprint density at radius 1 is 1.40 bits per heavy atom. The molecule has 2 unspecified atom stereocenters. The molecule has 6 heteroatoms. The fraction of sp³-hybridized carbons (Fsp3) is 0.500. The second-order valence-corrected chi connectivity index (χ2v) is 6.82. The Hall–Kier alpha value is -0.420. The van der Waals surface area contributed by atoms with Gasteiger partial charge in [0.15, 0.2) is 0 Å². The van der Waals surface area contributed by atoms with Crippen molar-refractivity contribution in [2.75, 3.05) is 12.3 Å². The maximum atomic E-state index is 12.0. The Bertz CT molecular complexity index is 484. The molecule has 1 saturated carbocycles. The van der Waals surface area contributed by atoms with Crippen LogP contribution in [0.4, 0.5) is 0 Å². The third-order valence-electron chi connectivity index (χ3n) is 3.56. The van der Waals surface area contributed by atoms with Gasteiger partial charge in [-0.1, -0.05) is 29.6 Å².